The summed E-state index contributed by atoms with van der Waals surface area (Å²) >= 11 is 0. The Kier molecular flexibility index (Phi) is 6.21. The molecule has 2 heterocycles. The van der Waals surface area contributed by atoms with Crippen LogP contribution in [0.5, 0.6) is 5.75 Å². The number of anilines is 1. The SMILES string of the molecule is C=CCOc1ccc(/C=N/Nc2nc3c(c(=O)n(C)c(=O)n3C)n2Cc2ccccc2)cc1. The van der Waals surface area contributed by atoms with Gasteiger partial charge in [-0.2, -0.15) is 10.1 Å². The molecular formula is C24H24N6O3. The molecule has 0 saturated heterocycles. The summed E-state index contributed by atoms with van der Waals surface area (Å²) in [6.07, 6.45) is 3.32. The number of nitrogens with one attached hydrogen (secondary N) is 1. The maximum atomic E-state index is 12.9. The molecule has 0 atom stereocenters. The van der Waals surface area contributed by atoms with Gasteiger partial charge in [0.2, 0.25) is 5.95 Å². The van der Waals surface area contributed by atoms with Gasteiger partial charge < -0.3 is 4.74 Å². The average molecular weight is 444 g/mol. The van der Waals surface area contributed by atoms with Gasteiger partial charge in [0.05, 0.1) is 12.8 Å². The highest BCUT2D eigenvalue weighted by molar-refractivity contribution is 5.80. The lowest BCUT2D eigenvalue weighted by atomic mass is 10.2. The zero-order chi connectivity index (χ0) is 23.4. The van der Waals surface area contributed by atoms with Crippen molar-refractivity contribution in [2.75, 3.05) is 12.0 Å². The van der Waals surface area contributed by atoms with Gasteiger partial charge in [0.1, 0.15) is 12.4 Å². The van der Waals surface area contributed by atoms with E-state index in [1.165, 1.54) is 11.6 Å². The number of aromatic nitrogens is 4. The van der Waals surface area contributed by atoms with Gasteiger partial charge in [-0.25, -0.2) is 10.2 Å². The summed E-state index contributed by atoms with van der Waals surface area (Å²) in [5.41, 5.74) is 4.52. The van der Waals surface area contributed by atoms with Crippen molar-refractivity contribution in [3.63, 3.8) is 0 Å². The van der Waals surface area contributed by atoms with Crippen molar-refractivity contribution < 1.29 is 4.74 Å². The number of hydrogen-bond acceptors (Lipinski definition) is 6. The van der Waals surface area contributed by atoms with Crippen molar-refractivity contribution >= 4 is 23.3 Å². The monoisotopic (exact) mass is 444 g/mol. The number of aryl methyl sites for hydroxylation is 1. The topological polar surface area (TPSA) is 95.4 Å². The van der Waals surface area contributed by atoms with Crippen LogP contribution in [0.1, 0.15) is 11.1 Å². The fourth-order valence-electron chi connectivity index (χ4n) is 3.42. The number of rotatable bonds is 8. The van der Waals surface area contributed by atoms with Crippen LogP contribution in [0.15, 0.2) is 81.9 Å². The first-order chi connectivity index (χ1) is 16.0. The molecule has 9 nitrogen and oxygen atoms in total. The summed E-state index contributed by atoms with van der Waals surface area (Å²) in [7, 11) is 3.05. The maximum Gasteiger partial charge on any atom is 0.332 e. The Hall–Kier alpha value is -4.40. The quantitative estimate of drug-likeness (QED) is 0.256. The van der Waals surface area contributed by atoms with E-state index in [4.69, 9.17) is 4.74 Å². The second-order valence-electron chi connectivity index (χ2n) is 7.42. The molecule has 0 saturated carbocycles. The number of imidazole rings is 1. The minimum absolute atomic E-state index is 0.292. The first-order valence-corrected chi connectivity index (χ1v) is 10.3. The van der Waals surface area contributed by atoms with E-state index in [1.54, 1.807) is 23.9 Å². The molecule has 2 aromatic carbocycles. The van der Waals surface area contributed by atoms with Crippen molar-refractivity contribution in [1.82, 2.24) is 18.7 Å². The minimum atomic E-state index is -0.439. The van der Waals surface area contributed by atoms with E-state index >= 15 is 0 Å². The standard InChI is InChI=1S/C24H24N6O3/c1-4-14-33-19-12-10-17(11-13-19)15-25-27-23-26-21-20(22(31)29(3)24(32)28(21)2)30(23)16-18-8-6-5-7-9-18/h4-13,15H,1,14,16H2,2-3H3,(H,26,27)/b25-15+. The molecule has 4 aromatic rings. The van der Waals surface area contributed by atoms with Crippen LogP contribution in [0, 0.1) is 0 Å². The maximum absolute atomic E-state index is 12.9. The molecule has 168 valence electrons. The number of ether oxygens (including phenoxy) is 1. The minimum Gasteiger partial charge on any atom is -0.490 e. The summed E-state index contributed by atoms with van der Waals surface area (Å²) in [6.45, 7) is 4.46. The van der Waals surface area contributed by atoms with Crippen LogP contribution < -0.4 is 21.4 Å². The number of fused-ring (bicyclic) bond motifs is 1. The highest BCUT2D eigenvalue weighted by Crippen LogP contribution is 2.18. The van der Waals surface area contributed by atoms with Crippen molar-refractivity contribution in [1.29, 1.82) is 0 Å². The van der Waals surface area contributed by atoms with Gasteiger partial charge in [-0.3, -0.25) is 18.5 Å². The molecule has 0 aliphatic rings. The first-order valence-electron chi connectivity index (χ1n) is 10.3. The molecule has 0 radical (unpaired) electrons. The third-order valence-electron chi connectivity index (χ3n) is 5.16. The van der Waals surface area contributed by atoms with Gasteiger partial charge in [0.25, 0.3) is 5.56 Å². The normalized spacial score (nSPS) is 11.2. The summed E-state index contributed by atoms with van der Waals surface area (Å²) in [4.78, 5) is 29.8. The highest BCUT2D eigenvalue weighted by atomic mass is 16.5. The van der Waals surface area contributed by atoms with Crippen molar-refractivity contribution in [2.45, 2.75) is 6.54 Å². The molecule has 1 N–H and O–H groups in total. The zero-order valence-corrected chi connectivity index (χ0v) is 18.4. The Morgan fingerprint density at radius 2 is 1.79 bits per heavy atom. The third-order valence-corrected chi connectivity index (χ3v) is 5.16. The van der Waals surface area contributed by atoms with Crippen LogP contribution in [-0.2, 0) is 20.6 Å². The molecule has 0 fully saturated rings. The van der Waals surface area contributed by atoms with Crippen molar-refractivity contribution in [2.24, 2.45) is 19.2 Å². The number of hydrazone groups is 1. The van der Waals surface area contributed by atoms with Crippen LogP contribution in [0.3, 0.4) is 0 Å². The van der Waals surface area contributed by atoms with Gasteiger partial charge in [-0.15, -0.1) is 0 Å². The Morgan fingerprint density at radius 1 is 1.06 bits per heavy atom. The Labute approximate surface area is 189 Å². The van der Waals surface area contributed by atoms with Crippen molar-refractivity contribution in [3.8, 4) is 5.75 Å². The van der Waals surface area contributed by atoms with Gasteiger partial charge in [-0.1, -0.05) is 43.0 Å². The molecule has 0 aliphatic carbocycles. The van der Waals surface area contributed by atoms with E-state index < -0.39 is 11.2 Å². The van der Waals surface area contributed by atoms with E-state index in [0.717, 1.165) is 21.4 Å². The van der Waals surface area contributed by atoms with Crippen LogP contribution in [0.25, 0.3) is 11.2 Å². The second kappa shape index (κ2) is 9.39. The smallest absolute Gasteiger partial charge is 0.332 e. The summed E-state index contributed by atoms with van der Waals surface area (Å²) in [5, 5.41) is 4.29. The van der Waals surface area contributed by atoms with Crippen LogP contribution in [0.2, 0.25) is 0 Å². The predicted molar refractivity (Wildman–Crippen MR) is 129 cm³/mol. The molecule has 0 bridgehead atoms. The summed E-state index contributed by atoms with van der Waals surface area (Å²) in [5.74, 6) is 1.09. The molecule has 2 aromatic heterocycles. The summed E-state index contributed by atoms with van der Waals surface area (Å²) < 4.78 is 9.65. The molecule has 0 amide bonds. The molecule has 0 spiro atoms. The largest absolute Gasteiger partial charge is 0.490 e. The number of hydrogen-bond donors (Lipinski definition) is 1. The van der Waals surface area contributed by atoms with Crippen LogP contribution in [-0.4, -0.2) is 31.5 Å². The molecule has 0 unspecified atom stereocenters. The molecule has 0 aliphatic heterocycles. The molecular weight excluding hydrogens is 420 g/mol. The van der Waals surface area contributed by atoms with Gasteiger partial charge in [-0.05, 0) is 35.4 Å². The third kappa shape index (κ3) is 4.47. The Morgan fingerprint density at radius 3 is 2.48 bits per heavy atom. The van der Waals surface area contributed by atoms with E-state index in [-0.39, 0.29) is 0 Å². The Balaban J connectivity index is 1.69. The predicted octanol–water partition coefficient (Wildman–Crippen LogP) is 2.49. The van der Waals surface area contributed by atoms with Gasteiger partial charge in [0, 0.05) is 14.1 Å². The zero-order valence-electron chi connectivity index (χ0n) is 18.4. The van der Waals surface area contributed by atoms with Crippen LogP contribution >= 0.6 is 0 Å². The lowest BCUT2D eigenvalue weighted by Crippen LogP contribution is -2.37. The molecule has 4 rings (SSSR count). The van der Waals surface area contributed by atoms with E-state index in [0.29, 0.717) is 30.3 Å². The first kappa shape index (κ1) is 21.8. The fraction of sp³-hybridized carbons (Fsp3) is 0.167. The number of benzene rings is 2. The van der Waals surface area contributed by atoms with Gasteiger partial charge >= 0.3 is 5.69 Å². The lowest BCUT2D eigenvalue weighted by molar-refractivity contribution is 0.363. The fourth-order valence-corrected chi connectivity index (χ4v) is 3.42. The van der Waals surface area contributed by atoms with E-state index in [2.05, 4.69) is 22.1 Å². The van der Waals surface area contributed by atoms with Crippen molar-refractivity contribution in [3.05, 3.63) is 99.2 Å². The summed E-state index contributed by atoms with van der Waals surface area (Å²) in [6, 6.07) is 17.1. The van der Waals surface area contributed by atoms with E-state index in [1.807, 2.05) is 54.6 Å². The molecule has 33 heavy (non-hydrogen) atoms. The second-order valence-corrected chi connectivity index (χ2v) is 7.42. The Bertz CT molecular complexity index is 1430. The average Bonchev–Trinajstić information content (AvgIpc) is 3.19. The van der Waals surface area contributed by atoms with Crippen LogP contribution in [0.4, 0.5) is 5.95 Å². The van der Waals surface area contributed by atoms with E-state index in [9.17, 15) is 9.59 Å². The lowest BCUT2D eigenvalue weighted by Gasteiger charge is -2.09. The highest BCUT2D eigenvalue weighted by Gasteiger charge is 2.19. The van der Waals surface area contributed by atoms with Gasteiger partial charge in [0.15, 0.2) is 11.2 Å². The number of nitrogens with zero attached hydrogens (tertiary/aromatic N) is 5. The molecule has 9 heteroatoms.